The minimum absolute atomic E-state index is 0.251. The van der Waals surface area contributed by atoms with E-state index in [-0.39, 0.29) is 5.28 Å². The molecule has 0 atom stereocenters. The zero-order valence-corrected chi connectivity index (χ0v) is 10.4. The predicted molar refractivity (Wildman–Crippen MR) is 72.1 cm³/mol. The lowest BCUT2D eigenvalue weighted by Crippen LogP contribution is -2.02. The van der Waals surface area contributed by atoms with Crippen molar-refractivity contribution >= 4 is 23.6 Å². The molecule has 0 saturated heterocycles. The van der Waals surface area contributed by atoms with Gasteiger partial charge in [0.1, 0.15) is 5.82 Å². The van der Waals surface area contributed by atoms with Crippen LogP contribution in [0.5, 0.6) is 0 Å². The van der Waals surface area contributed by atoms with Crippen molar-refractivity contribution in [3.05, 3.63) is 52.4 Å². The molecule has 5 heteroatoms. The van der Waals surface area contributed by atoms with Gasteiger partial charge in [-0.1, -0.05) is 12.1 Å². The fourth-order valence-electron chi connectivity index (χ4n) is 1.89. The van der Waals surface area contributed by atoms with E-state index in [9.17, 15) is 0 Å². The van der Waals surface area contributed by atoms with Crippen molar-refractivity contribution in [3.63, 3.8) is 0 Å². The van der Waals surface area contributed by atoms with Crippen LogP contribution in [0.25, 0.3) is 0 Å². The van der Waals surface area contributed by atoms with E-state index in [0.717, 1.165) is 12.4 Å². The molecule has 0 bridgehead atoms. The maximum atomic E-state index is 5.72. The molecule has 0 amide bonds. The minimum Gasteiger partial charge on any atom is -0.366 e. The number of benzene rings is 1. The molecule has 1 aromatic heterocycles. The fraction of sp³-hybridized carbons (Fsp3) is 0.154. The number of aromatic nitrogens is 2. The highest BCUT2D eigenvalue weighted by Gasteiger charge is 2.06. The summed E-state index contributed by atoms with van der Waals surface area (Å²) in [6.07, 6.45) is 3.55. The summed E-state index contributed by atoms with van der Waals surface area (Å²) < 4.78 is 0. The summed E-state index contributed by atoms with van der Waals surface area (Å²) in [7, 11) is 0. The van der Waals surface area contributed by atoms with E-state index >= 15 is 0 Å². The Hall–Kier alpha value is -1.94. The second-order valence-corrected chi connectivity index (χ2v) is 4.41. The standard InChI is InChI=1S/C13H11ClN4/c14-13-16-4-3-12(18-13)17-6-9-1-2-10-7-15-8-11(10)5-9/h1-5,8H,6-7H2,(H,16,17,18). The molecule has 90 valence electrons. The number of nitrogens with one attached hydrogen (secondary N) is 1. The number of nitrogens with zero attached hydrogens (tertiary/aromatic N) is 3. The molecule has 1 aliphatic rings. The average molecular weight is 259 g/mol. The maximum Gasteiger partial charge on any atom is 0.224 e. The van der Waals surface area contributed by atoms with E-state index in [0.29, 0.717) is 6.54 Å². The second kappa shape index (κ2) is 4.74. The Labute approximate surface area is 110 Å². The molecular formula is C13H11ClN4. The van der Waals surface area contributed by atoms with Gasteiger partial charge in [-0.15, -0.1) is 0 Å². The van der Waals surface area contributed by atoms with Crippen LogP contribution >= 0.6 is 11.6 Å². The number of rotatable bonds is 3. The smallest absolute Gasteiger partial charge is 0.224 e. The highest BCUT2D eigenvalue weighted by molar-refractivity contribution is 6.28. The summed E-state index contributed by atoms with van der Waals surface area (Å²) in [6.45, 7) is 1.50. The predicted octanol–water partition coefficient (Wildman–Crippen LogP) is 2.67. The molecule has 2 aromatic rings. The average Bonchev–Trinajstić information content (AvgIpc) is 2.84. The third-order valence-corrected chi connectivity index (χ3v) is 2.98. The minimum atomic E-state index is 0.251. The first-order chi connectivity index (χ1) is 8.81. The Morgan fingerprint density at radius 3 is 3.11 bits per heavy atom. The van der Waals surface area contributed by atoms with E-state index in [2.05, 4.69) is 38.5 Å². The van der Waals surface area contributed by atoms with Crippen LogP contribution in [0.1, 0.15) is 16.7 Å². The Balaban J connectivity index is 1.72. The lowest BCUT2D eigenvalue weighted by molar-refractivity contribution is 1.07. The topological polar surface area (TPSA) is 50.2 Å². The van der Waals surface area contributed by atoms with Crippen LogP contribution in [0.3, 0.4) is 0 Å². The normalized spacial score (nSPS) is 12.5. The van der Waals surface area contributed by atoms with Crippen LogP contribution in [0.15, 0.2) is 35.5 Å². The van der Waals surface area contributed by atoms with E-state index in [1.54, 1.807) is 12.3 Å². The summed E-state index contributed by atoms with van der Waals surface area (Å²) in [6, 6.07) is 8.15. The van der Waals surface area contributed by atoms with Gasteiger partial charge in [-0.25, -0.2) is 9.97 Å². The van der Waals surface area contributed by atoms with E-state index < -0.39 is 0 Å². The number of fused-ring (bicyclic) bond motifs is 1. The van der Waals surface area contributed by atoms with Crippen molar-refractivity contribution in [1.82, 2.24) is 9.97 Å². The van der Waals surface area contributed by atoms with Crippen molar-refractivity contribution in [2.45, 2.75) is 13.1 Å². The highest BCUT2D eigenvalue weighted by atomic mass is 35.5. The molecule has 0 aliphatic carbocycles. The Kier molecular flexibility index (Phi) is 2.94. The molecular weight excluding hydrogens is 248 g/mol. The second-order valence-electron chi connectivity index (χ2n) is 4.07. The first-order valence-corrected chi connectivity index (χ1v) is 6.03. The van der Waals surface area contributed by atoms with E-state index in [1.807, 2.05) is 6.21 Å². The quantitative estimate of drug-likeness (QED) is 0.861. The van der Waals surface area contributed by atoms with Crippen LogP contribution in [0.4, 0.5) is 5.82 Å². The summed E-state index contributed by atoms with van der Waals surface area (Å²) in [5.74, 6) is 0.726. The zero-order valence-electron chi connectivity index (χ0n) is 9.60. The Morgan fingerprint density at radius 1 is 1.28 bits per heavy atom. The van der Waals surface area contributed by atoms with Gasteiger partial charge in [0.25, 0.3) is 0 Å². The summed E-state index contributed by atoms with van der Waals surface area (Å²) in [5.41, 5.74) is 3.68. The number of hydrogen-bond acceptors (Lipinski definition) is 4. The summed E-state index contributed by atoms with van der Waals surface area (Å²) in [5, 5.41) is 3.46. The van der Waals surface area contributed by atoms with Gasteiger partial charge in [0.15, 0.2) is 0 Å². The zero-order chi connectivity index (χ0) is 12.4. The Morgan fingerprint density at radius 2 is 2.22 bits per heavy atom. The molecule has 1 N–H and O–H groups in total. The number of aliphatic imine (C=N–C) groups is 1. The third-order valence-electron chi connectivity index (χ3n) is 2.80. The first-order valence-electron chi connectivity index (χ1n) is 5.65. The molecule has 1 aromatic carbocycles. The van der Waals surface area contributed by atoms with Gasteiger partial charge in [-0.2, -0.15) is 0 Å². The maximum absolute atomic E-state index is 5.72. The van der Waals surface area contributed by atoms with Gasteiger partial charge in [0, 0.05) is 19.0 Å². The van der Waals surface area contributed by atoms with Crippen LogP contribution in [-0.4, -0.2) is 16.2 Å². The molecule has 3 rings (SSSR count). The third kappa shape index (κ3) is 2.33. The molecule has 4 nitrogen and oxygen atoms in total. The molecule has 0 spiro atoms. The van der Waals surface area contributed by atoms with E-state index in [1.165, 1.54) is 16.7 Å². The van der Waals surface area contributed by atoms with E-state index in [4.69, 9.17) is 11.6 Å². The van der Waals surface area contributed by atoms with Gasteiger partial charge in [0.2, 0.25) is 5.28 Å². The molecule has 0 saturated carbocycles. The van der Waals surface area contributed by atoms with Gasteiger partial charge >= 0.3 is 0 Å². The van der Waals surface area contributed by atoms with Crippen LogP contribution < -0.4 is 5.32 Å². The SMILES string of the molecule is Clc1nccc(NCc2ccc3c(c2)C=NC3)n1. The summed E-state index contributed by atoms with van der Waals surface area (Å²) >= 11 is 5.72. The van der Waals surface area contributed by atoms with Gasteiger partial charge in [-0.05, 0) is 40.4 Å². The van der Waals surface area contributed by atoms with Crippen molar-refractivity contribution in [1.29, 1.82) is 0 Å². The molecule has 2 heterocycles. The highest BCUT2D eigenvalue weighted by Crippen LogP contribution is 2.17. The lowest BCUT2D eigenvalue weighted by Gasteiger charge is -2.07. The first kappa shape index (κ1) is 11.2. The number of hydrogen-bond donors (Lipinski definition) is 1. The molecule has 18 heavy (non-hydrogen) atoms. The fourth-order valence-corrected chi connectivity index (χ4v) is 2.03. The Bertz CT molecular complexity index is 610. The van der Waals surface area contributed by atoms with Crippen LogP contribution in [-0.2, 0) is 13.1 Å². The molecule has 0 fully saturated rings. The van der Waals surface area contributed by atoms with Crippen LogP contribution in [0.2, 0.25) is 5.28 Å². The molecule has 1 aliphatic heterocycles. The van der Waals surface area contributed by atoms with Gasteiger partial charge in [-0.3, -0.25) is 4.99 Å². The number of halogens is 1. The largest absolute Gasteiger partial charge is 0.366 e. The number of anilines is 1. The monoisotopic (exact) mass is 258 g/mol. The van der Waals surface area contributed by atoms with Crippen LogP contribution in [0, 0.1) is 0 Å². The summed E-state index contributed by atoms with van der Waals surface area (Å²) in [4.78, 5) is 12.2. The van der Waals surface area contributed by atoms with Crippen molar-refractivity contribution in [2.75, 3.05) is 5.32 Å². The van der Waals surface area contributed by atoms with Crippen molar-refractivity contribution < 1.29 is 0 Å². The lowest BCUT2D eigenvalue weighted by atomic mass is 10.1. The van der Waals surface area contributed by atoms with Gasteiger partial charge < -0.3 is 5.32 Å². The molecule has 0 unspecified atom stereocenters. The van der Waals surface area contributed by atoms with Gasteiger partial charge in [0.05, 0.1) is 6.54 Å². The molecule has 0 radical (unpaired) electrons. The van der Waals surface area contributed by atoms with Crippen molar-refractivity contribution in [2.24, 2.45) is 4.99 Å². The van der Waals surface area contributed by atoms with Crippen molar-refractivity contribution in [3.8, 4) is 0 Å².